The predicted octanol–water partition coefficient (Wildman–Crippen LogP) is 4.06. The molecule has 0 aliphatic carbocycles. The Morgan fingerprint density at radius 2 is 1.80 bits per heavy atom. The molecule has 1 fully saturated rings. The molecule has 2 amide bonds. The van der Waals surface area contributed by atoms with Crippen molar-refractivity contribution in [2.45, 2.75) is 12.6 Å². The zero-order chi connectivity index (χ0) is 25.9. The van der Waals surface area contributed by atoms with Gasteiger partial charge in [-0.05, 0) is 54.5 Å². The fourth-order valence-electron chi connectivity index (χ4n) is 3.15. The molecule has 0 aromatic heterocycles. The minimum atomic E-state index is -4.79. The van der Waals surface area contributed by atoms with Gasteiger partial charge in [-0.3, -0.25) is 30.3 Å². The van der Waals surface area contributed by atoms with Crippen LogP contribution in [0.4, 0.5) is 18.9 Å². The van der Waals surface area contributed by atoms with Crippen LogP contribution in [0.15, 0.2) is 48.6 Å². The Kier molecular flexibility index (Phi) is 7.20. The van der Waals surface area contributed by atoms with Crippen LogP contribution in [-0.4, -0.2) is 29.0 Å². The smallest absolute Gasteiger partial charge is 0.416 e. The normalized spacial score (nSPS) is 13.6. The van der Waals surface area contributed by atoms with E-state index in [1.807, 2.05) is 0 Å². The number of nitrogens with one attached hydrogen (secondary N) is 2. The second-order valence-electron chi connectivity index (χ2n) is 7.04. The Morgan fingerprint density at radius 1 is 1.14 bits per heavy atom. The Labute approximate surface area is 201 Å². The molecule has 2 N–H and O–H groups in total. The van der Waals surface area contributed by atoms with Gasteiger partial charge >= 0.3 is 11.9 Å². The number of carbonyl (C=O) groups excluding carboxylic acids is 2. The van der Waals surface area contributed by atoms with Crippen molar-refractivity contribution in [3.05, 3.63) is 75.4 Å². The van der Waals surface area contributed by atoms with Crippen LogP contribution >= 0.6 is 12.2 Å². The van der Waals surface area contributed by atoms with Gasteiger partial charge < -0.3 is 9.47 Å². The number of ether oxygens (including phenoxy) is 2. The lowest BCUT2D eigenvalue weighted by molar-refractivity contribution is -0.385. The zero-order valence-corrected chi connectivity index (χ0v) is 18.7. The molecule has 0 bridgehead atoms. The summed E-state index contributed by atoms with van der Waals surface area (Å²) < 4.78 is 50.1. The largest absolute Gasteiger partial charge is 0.493 e. The molecule has 9 nitrogen and oxygen atoms in total. The molecule has 1 saturated heterocycles. The molecular weight excluding hydrogens is 491 g/mol. The molecule has 0 unspecified atom stereocenters. The quantitative estimate of drug-likeness (QED) is 0.145. The number of thiocarbonyl (C=S) groups is 1. The maximum Gasteiger partial charge on any atom is 0.416 e. The van der Waals surface area contributed by atoms with Crippen LogP contribution in [0.5, 0.6) is 17.2 Å². The van der Waals surface area contributed by atoms with E-state index in [0.29, 0.717) is 23.3 Å². The Hall–Kier alpha value is -4.26. The number of carbonyl (C=O) groups is 2. The van der Waals surface area contributed by atoms with Crippen LogP contribution in [0.2, 0.25) is 0 Å². The molecule has 35 heavy (non-hydrogen) atoms. The van der Waals surface area contributed by atoms with Gasteiger partial charge in [-0.1, -0.05) is 6.08 Å². The van der Waals surface area contributed by atoms with E-state index in [0.717, 1.165) is 6.07 Å². The molecule has 182 valence electrons. The molecule has 0 radical (unpaired) electrons. The average molecular weight is 507 g/mol. The molecule has 3 rings (SSSR count). The summed E-state index contributed by atoms with van der Waals surface area (Å²) in [6, 6.07) is 4.77. The first-order valence-corrected chi connectivity index (χ1v) is 10.1. The van der Waals surface area contributed by atoms with E-state index in [1.54, 1.807) is 0 Å². The lowest BCUT2D eigenvalue weighted by Crippen LogP contribution is -2.51. The molecular formula is C22H16F3N3O6S. The van der Waals surface area contributed by atoms with Crippen molar-refractivity contribution in [2.24, 2.45) is 0 Å². The van der Waals surface area contributed by atoms with Gasteiger partial charge in [0, 0.05) is 11.6 Å². The monoisotopic (exact) mass is 507 g/mol. The van der Waals surface area contributed by atoms with Crippen molar-refractivity contribution < 1.29 is 37.2 Å². The number of methoxy groups -OCH3 is 1. The predicted molar refractivity (Wildman–Crippen MR) is 122 cm³/mol. The molecule has 1 aliphatic heterocycles. The number of benzene rings is 2. The van der Waals surface area contributed by atoms with Crippen LogP contribution in [-0.2, 0) is 22.2 Å². The van der Waals surface area contributed by atoms with Crippen molar-refractivity contribution in [3.8, 4) is 17.2 Å². The van der Waals surface area contributed by atoms with Crippen LogP contribution < -0.4 is 20.1 Å². The number of nitrogens with zero attached hydrogens (tertiary/aromatic N) is 1. The van der Waals surface area contributed by atoms with E-state index in [-0.39, 0.29) is 28.6 Å². The first-order chi connectivity index (χ1) is 16.4. The number of allylic oxidation sites excluding steroid dienone is 1. The summed E-state index contributed by atoms with van der Waals surface area (Å²) in [6.07, 6.45) is -1.88. The Morgan fingerprint density at radius 3 is 2.34 bits per heavy atom. The topological polar surface area (TPSA) is 120 Å². The second-order valence-corrected chi connectivity index (χ2v) is 7.45. The fraction of sp³-hybridized carbons (Fsp3) is 0.136. The lowest BCUT2D eigenvalue weighted by Gasteiger charge is -2.18. The second kappa shape index (κ2) is 9.93. The average Bonchev–Trinajstić information content (AvgIpc) is 2.77. The first kappa shape index (κ1) is 25.4. The standard InChI is InChI=1S/C22H16F3N3O6S/c1-3-4-12-7-11(8-14-19(29)26-21(35)27-20(14)30)9-17(33-2)18(12)34-16-6-5-13(22(23,24)25)10-15(16)28(31)32/h3,5-10H,1,4H2,2H3,(H2,26,27,29,30,35). The minimum Gasteiger partial charge on any atom is -0.493 e. The van der Waals surface area contributed by atoms with E-state index in [9.17, 15) is 32.9 Å². The number of amides is 2. The summed E-state index contributed by atoms with van der Waals surface area (Å²) >= 11 is 4.76. The third kappa shape index (κ3) is 5.63. The third-order valence-electron chi connectivity index (χ3n) is 4.69. The molecule has 2 aromatic carbocycles. The lowest BCUT2D eigenvalue weighted by atomic mass is 10.0. The van der Waals surface area contributed by atoms with Crippen molar-refractivity contribution in [1.29, 1.82) is 0 Å². The van der Waals surface area contributed by atoms with Gasteiger partial charge in [0.2, 0.25) is 5.75 Å². The van der Waals surface area contributed by atoms with Crippen LogP contribution in [0.25, 0.3) is 6.08 Å². The van der Waals surface area contributed by atoms with Crippen molar-refractivity contribution in [1.82, 2.24) is 10.6 Å². The summed E-state index contributed by atoms with van der Waals surface area (Å²) in [4.78, 5) is 34.7. The number of halogens is 3. The Balaban J connectivity index is 2.10. The number of hydrogen-bond donors (Lipinski definition) is 2. The molecule has 1 aliphatic rings. The van der Waals surface area contributed by atoms with E-state index >= 15 is 0 Å². The number of nitro benzene ring substituents is 1. The van der Waals surface area contributed by atoms with E-state index in [2.05, 4.69) is 17.2 Å². The van der Waals surface area contributed by atoms with E-state index in [1.165, 1.54) is 31.4 Å². The highest BCUT2D eigenvalue weighted by molar-refractivity contribution is 7.80. The number of hydrogen-bond acceptors (Lipinski definition) is 7. The molecule has 13 heteroatoms. The highest BCUT2D eigenvalue weighted by Crippen LogP contribution is 2.42. The molecule has 1 heterocycles. The maximum atomic E-state index is 13.0. The SMILES string of the molecule is C=CCc1cc(C=C2C(=O)NC(=S)NC2=O)cc(OC)c1Oc1ccc(C(F)(F)F)cc1[N+](=O)[O-]. The number of alkyl halides is 3. The van der Waals surface area contributed by atoms with Gasteiger partial charge in [0.1, 0.15) is 5.57 Å². The molecule has 0 saturated carbocycles. The van der Waals surface area contributed by atoms with Crippen molar-refractivity contribution >= 4 is 40.9 Å². The van der Waals surface area contributed by atoms with Gasteiger partial charge in [-0.2, -0.15) is 13.2 Å². The minimum absolute atomic E-state index is 0.0175. The molecule has 0 spiro atoms. The summed E-state index contributed by atoms with van der Waals surface area (Å²) in [6.45, 7) is 3.63. The summed E-state index contributed by atoms with van der Waals surface area (Å²) in [5.41, 5.74) is -1.64. The zero-order valence-electron chi connectivity index (χ0n) is 17.9. The highest BCUT2D eigenvalue weighted by Gasteiger charge is 2.34. The van der Waals surface area contributed by atoms with Gasteiger partial charge in [0.05, 0.1) is 17.6 Å². The van der Waals surface area contributed by atoms with Crippen LogP contribution in [0.3, 0.4) is 0 Å². The summed E-state index contributed by atoms with van der Waals surface area (Å²) in [7, 11) is 1.27. The van der Waals surface area contributed by atoms with Crippen LogP contribution in [0, 0.1) is 10.1 Å². The van der Waals surface area contributed by atoms with Gasteiger partial charge in [-0.15, -0.1) is 6.58 Å². The third-order valence-corrected chi connectivity index (χ3v) is 4.89. The molecule has 2 aromatic rings. The number of rotatable bonds is 7. The van der Waals surface area contributed by atoms with Crippen molar-refractivity contribution in [2.75, 3.05) is 7.11 Å². The summed E-state index contributed by atoms with van der Waals surface area (Å²) in [5.74, 6) is -1.86. The van der Waals surface area contributed by atoms with E-state index < -0.39 is 39.9 Å². The molecule has 0 atom stereocenters. The van der Waals surface area contributed by atoms with Gasteiger partial charge in [-0.25, -0.2) is 0 Å². The van der Waals surface area contributed by atoms with E-state index in [4.69, 9.17) is 21.7 Å². The van der Waals surface area contributed by atoms with Crippen molar-refractivity contribution in [3.63, 3.8) is 0 Å². The summed E-state index contributed by atoms with van der Waals surface area (Å²) in [5, 5.41) is 15.9. The first-order valence-electron chi connectivity index (χ1n) is 9.68. The fourth-order valence-corrected chi connectivity index (χ4v) is 3.33. The van der Waals surface area contributed by atoms with Gasteiger partial charge in [0.25, 0.3) is 11.8 Å². The van der Waals surface area contributed by atoms with Gasteiger partial charge in [0.15, 0.2) is 16.6 Å². The highest BCUT2D eigenvalue weighted by atomic mass is 32.1. The van der Waals surface area contributed by atoms with Crippen LogP contribution in [0.1, 0.15) is 16.7 Å². The maximum absolute atomic E-state index is 13.0. The Bertz CT molecular complexity index is 1270. The number of nitro groups is 1.